The molecule has 0 radical (unpaired) electrons. The Bertz CT molecular complexity index is 1150. The number of ether oxygens (including phenoxy) is 2. The Kier molecular flexibility index (Phi) is 6.81. The number of nitrogens with one attached hydrogen (secondary N) is 2. The molecule has 0 unspecified atom stereocenters. The van der Waals surface area contributed by atoms with E-state index >= 15 is 0 Å². The Labute approximate surface area is 182 Å². The summed E-state index contributed by atoms with van der Waals surface area (Å²) in [5, 5.41) is 2.93. The molecule has 0 aliphatic carbocycles. The first-order valence-corrected chi connectivity index (χ1v) is 11.0. The minimum Gasteiger partial charge on any atom is -0.493 e. The average Bonchev–Trinajstić information content (AvgIpc) is 2.79. The van der Waals surface area contributed by atoms with Crippen LogP contribution in [0, 0.1) is 0 Å². The lowest BCUT2D eigenvalue weighted by atomic mass is 10.1. The van der Waals surface area contributed by atoms with Crippen molar-refractivity contribution in [2.75, 3.05) is 18.9 Å². The number of carbonyl (C=O) groups excluding carboxylic acids is 1. The summed E-state index contributed by atoms with van der Waals surface area (Å²) in [7, 11) is -0.936. The van der Waals surface area contributed by atoms with E-state index in [2.05, 4.69) is 10.0 Å². The summed E-state index contributed by atoms with van der Waals surface area (Å²) >= 11 is 0. The largest absolute Gasteiger partial charge is 0.493 e. The van der Waals surface area contributed by atoms with Gasteiger partial charge >= 0.3 is 0 Å². The van der Waals surface area contributed by atoms with Crippen LogP contribution >= 0.6 is 0 Å². The number of benzene rings is 3. The van der Waals surface area contributed by atoms with E-state index in [1.807, 2.05) is 37.3 Å². The summed E-state index contributed by atoms with van der Waals surface area (Å²) in [4.78, 5) is 12.5. The average molecular weight is 441 g/mol. The number of amides is 1. The number of anilines is 1. The molecule has 1 amide bonds. The zero-order valence-electron chi connectivity index (χ0n) is 17.5. The van der Waals surface area contributed by atoms with E-state index in [9.17, 15) is 13.2 Å². The molecule has 0 saturated carbocycles. The molecule has 1 atom stereocenters. The fourth-order valence-corrected chi connectivity index (χ4v) is 4.07. The smallest absolute Gasteiger partial charge is 0.262 e. The van der Waals surface area contributed by atoms with Crippen molar-refractivity contribution in [1.82, 2.24) is 5.32 Å². The van der Waals surface area contributed by atoms with Gasteiger partial charge in [-0.25, -0.2) is 8.42 Å². The van der Waals surface area contributed by atoms with Crippen molar-refractivity contribution in [3.8, 4) is 11.5 Å². The third kappa shape index (κ3) is 5.35. The zero-order chi connectivity index (χ0) is 22.4. The maximum absolute atomic E-state index is 12.7. The van der Waals surface area contributed by atoms with Crippen LogP contribution in [0.15, 0.2) is 77.7 Å². The first-order valence-electron chi connectivity index (χ1n) is 9.55. The van der Waals surface area contributed by atoms with Crippen molar-refractivity contribution in [2.45, 2.75) is 17.9 Å². The molecule has 3 aromatic carbocycles. The van der Waals surface area contributed by atoms with Crippen molar-refractivity contribution in [1.29, 1.82) is 0 Å². The standard InChI is InChI=1S/C23H24N2O5S/c1-16(17-7-5-4-6-8-17)24-23(26)18-9-11-19(12-10-18)25-31(27,28)20-13-14-21(29-2)22(15-20)30-3/h4-16,25H,1-3H3,(H,24,26)/t16-/m1/s1. The second kappa shape index (κ2) is 9.53. The summed E-state index contributed by atoms with van der Waals surface area (Å²) in [6.45, 7) is 1.90. The van der Waals surface area contributed by atoms with Gasteiger partial charge in [0.2, 0.25) is 0 Å². The number of carbonyl (C=O) groups is 1. The molecule has 0 heterocycles. The first-order chi connectivity index (χ1) is 14.8. The maximum atomic E-state index is 12.7. The van der Waals surface area contributed by atoms with E-state index in [1.165, 1.54) is 32.4 Å². The van der Waals surface area contributed by atoms with Gasteiger partial charge in [0, 0.05) is 17.3 Å². The molecule has 8 heteroatoms. The van der Waals surface area contributed by atoms with Crippen LogP contribution in [-0.2, 0) is 10.0 Å². The SMILES string of the molecule is COc1ccc(S(=O)(=O)Nc2ccc(C(=O)N[C@H](C)c3ccccc3)cc2)cc1OC. The van der Waals surface area contributed by atoms with Crippen LogP contribution in [0.3, 0.4) is 0 Å². The number of hydrogen-bond acceptors (Lipinski definition) is 5. The summed E-state index contributed by atoms with van der Waals surface area (Å²) in [5.41, 5.74) is 1.76. The van der Waals surface area contributed by atoms with Crippen LogP contribution in [0.1, 0.15) is 28.9 Å². The van der Waals surface area contributed by atoms with Crippen LogP contribution in [0.25, 0.3) is 0 Å². The molecule has 0 fully saturated rings. The van der Waals surface area contributed by atoms with Gasteiger partial charge in [-0.1, -0.05) is 30.3 Å². The third-order valence-electron chi connectivity index (χ3n) is 4.71. The second-order valence-electron chi connectivity index (χ2n) is 6.81. The molecule has 3 rings (SSSR count). The van der Waals surface area contributed by atoms with Gasteiger partial charge in [-0.05, 0) is 48.9 Å². The van der Waals surface area contributed by atoms with Crippen molar-refractivity contribution >= 4 is 21.6 Å². The van der Waals surface area contributed by atoms with Crippen molar-refractivity contribution in [2.24, 2.45) is 0 Å². The van der Waals surface area contributed by atoms with Crippen molar-refractivity contribution in [3.05, 3.63) is 83.9 Å². The third-order valence-corrected chi connectivity index (χ3v) is 6.09. The second-order valence-corrected chi connectivity index (χ2v) is 8.49. The molecular formula is C23H24N2O5S. The van der Waals surface area contributed by atoms with Crippen LogP contribution in [-0.4, -0.2) is 28.5 Å². The Balaban J connectivity index is 1.70. The summed E-state index contributed by atoms with van der Waals surface area (Å²) < 4.78 is 38.2. The van der Waals surface area contributed by atoms with E-state index in [4.69, 9.17) is 9.47 Å². The van der Waals surface area contributed by atoms with Gasteiger partial charge in [0.25, 0.3) is 15.9 Å². The van der Waals surface area contributed by atoms with E-state index in [-0.39, 0.29) is 16.8 Å². The maximum Gasteiger partial charge on any atom is 0.262 e. The highest BCUT2D eigenvalue weighted by Crippen LogP contribution is 2.30. The zero-order valence-corrected chi connectivity index (χ0v) is 18.3. The monoisotopic (exact) mass is 440 g/mol. The van der Waals surface area contributed by atoms with E-state index in [1.54, 1.807) is 24.3 Å². The van der Waals surface area contributed by atoms with E-state index in [0.29, 0.717) is 22.7 Å². The first kappa shape index (κ1) is 22.2. The summed E-state index contributed by atoms with van der Waals surface area (Å²) in [6, 6.07) is 20.0. The Hall–Kier alpha value is -3.52. The minimum absolute atomic E-state index is 0.0312. The molecule has 3 aromatic rings. The number of hydrogen-bond donors (Lipinski definition) is 2. The predicted molar refractivity (Wildman–Crippen MR) is 119 cm³/mol. The van der Waals surface area contributed by atoms with Crippen molar-refractivity contribution in [3.63, 3.8) is 0 Å². The lowest BCUT2D eigenvalue weighted by Gasteiger charge is -2.15. The van der Waals surface area contributed by atoms with Crippen molar-refractivity contribution < 1.29 is 22.7 Å². The highest BCUT2D eigenvalue weighted by Gasteiger charge is 2.18. The van der Waals surface area contributed by atoms with Gasteiger partial charge in [-0.3, -0.25) is 9.52 Å². The Morgan fingerprint density at radius 2 is 1.52 bits per heavy atom. The molecule has 0 saturated heterocycles. The van der Waals surface area contributed by atoms with Crippen LogP contribution in [0.5, 0.6) is 11.5 Å². The predicted octanol–water partition coefficient (Wildman–Crippen LogP) is 4.00. The van der Waals surface area contributed by atoms with Gasteiger partial charge in [0.05, 0.1) is 25.2 Å². The fourth-order valence-electron chi connectivity index (χ4n) is 2.99. The van der Waals surface area contributed by atoms with Gasteiger partial charge in [0.15, 0.2) is 11.5 Å². The molecule has 2 N–H and O–H groups in total. The van der Waals surface area contributed by atoms with Gasteiger partial charge < -0.3 is 14.8 Å². The molecule has 31 heavy (non-hydrogen) atoms. The van der Waals surface area contributed by atoms with Crippen LogP contribution in [0.4, 0.5) is 5.69 Å². The van der Waals surface area contributed by atoms with Gasteiger partial charge in [-0.2, -0.15) is 0 Å². The molecule has 0 bridgehead atoms. The molecular weight excluding hydrogens is 416 g/mol. The highest BCUT2D eigenvalue weighted by molar-refractivity contribution is 7.92. The molecule has 162 valence electrons. The summed E-state index contributed by atoms with van der Waals surface area (Å²) in [6.07, 6.45) is 0. The normalized spacial score (nSPS) is 12.0. The summed E-state index contributed by atoms with van der Waals surface area (Å²) in [5.74, 6) is 0.497. The highest BCUT2D eigenvalue weighted by atomic mass is 32.2. The lowest BCUT2D eigenvalue weighted by Crippen LogP contribution is -2.26. The molecule has 0 aliphatic heterocycles. The number of methoxy groups -OCH3 is 2. The van der Waals surface area contributed by atoms with Gasteiger partial charge in [-0.15, -0.1) is 0 Å². The lowest BCUT2D eigenvalue weighted by molar-refractivity contribution is 0.0940. The Morgan fingerprint density at radius 1 is 0.871 bits per heavy atom. The Morgan fingerprint density at radius 3 is 2.13 bits per heavy atom. The van der Waals surface area contributed by atoms with Crippen LogP contribution < -0.4 is 19.5 Å². The van der Waals surface area contributed by atoms with E-state index in [0.717, 1.165) is 5.56 Å². The molecule has 0 aliphatic rings. The molecule has 7 nitrogen and oxygen atoms in total. The van der Waals surface area contributed by atoms with E-state index < -0.39 is 10.0 Å². The minimum atomic E-state index is -3.85. The topological polar surface area (TPSA) is 93.7 Å². The number of rotatable bonds is 8. The quantitative estimate of drug-likeness (QED) is 0.552. The number of sulfonamides is 1. The van der Waals surface area contributed by atoms with Gasteiger partial charge in [0.1, 0.15) is 0 Å². The molecule has 0 spiro atoms. The van der Waals surface area contributed by atoms with Crippen LogP contribution in [0.2, 0.25) is 0 Å². The fraction of sp³-hybridized carbons (Fsp3) is 0.174. The molecule has 0 aromatic heterocycles.